The van der Waals surface area contributed by atoms with Crippen LogP contribution in [-0.2, 0) is 18.3 Å². The van der Waals surface area contributed by atoms with Gasteiger partial charge in [0.2, 0.25) is 5.91 Å². The molecule has 0 saturated carbocycles. The summed E-state index contributed by atoms with van der Waals surface area (Å²) in [6.45, 7) is 4.15. The molecule has 0 aliphatic rings. The molecule has 1 N–H and O–H groups in total. The first kappa shape index (κ1) is 20.8. The lowest BCUT2D eigenvalue weighted by molar-refractivity contribution is -0.113. The van der Waals surface area contributed by atoms with Crippen molar-refractivity contribution in [3.63, 3.8) is 0 Å². The van der Waals surface area contributed by atoms with Crippen LogP contribution in [0.3, 0.4) is 0 Å². The Bertz CT molecular complexity index is 732. The van der Waals surface area contributed by atoms with Crippen molar-refractivity contribution in [1.82, 2.24) is 14.8 Å². The first-order valence-electron chi connectivity index (χ1n) is 9.08. The molecule has 2 rings (SSSR count). The average molecular weight is 395 g/mol. The first-order valence-corrected chi connectivity index (χ1v) is 10.4. The van der Waals surface area contributed by atoms with Gasteiger partial charge in [0.1, 0.15) is 5.82 Å². The van der Waals surface area contributed by atoms with E-state index in [4.69, 9.17) is 11.6 Å². The number of hydrogen-bond donors (Lipinski definition) is 1. The minimum Gasteiger partial charge on any atom is -0.325 e. The molecular formula is C19H27ClN4OS. The Kier molecular flexibility index (Phi) is 8.45. The molecule has 0 bridgehead atoms. The van der Waals surface area contributed by atoms with Crippen molar-refractivity contribution in [2.45, 2.75) is 57.5 Å². The number of thioether (sulfide) groups is 1. The zero-order valence-corrected chi connectivity index (χ0v) is 17.3. The summed E-state index contributed by atoms with van der Waals surface area (Å²) >= 11 is 7.48. The number of unbranched alkanes of at least 4 members (excludes halogenated alkanes) is 4. The summed E-state index contributed by atoms with van der Waals surface area (Å²) in [5.41, 5.74) is 1.69. The number of aryl methyl sites for hydroxylation is 2. The maximum Gasteiger partial charge on any atom is 0.234 e. The predicted octanol–water partition coefficient (Wildman–Crippen LogP) is 5.02. The second-order valence-electron chi connectivity index (χ2n) is 6.42. The van der Waals surface area contributed by atoms with Gasteiger partial charge in [-0.3, -0.25) is 4.79 Å². The molecule has 0 fully saturated rings. The molecule has 0 spiro atoms. The number of rotatable bonds is 10. The summed E-state index contributed by atoms with van der Waals surface area (Å²) in [5, 5.41) is 12.7. The number of amides is 1. The summed E-state index contributed by atoms with van der Waals surface area (Å²) < 4.78 is 1.99. The molecule has 1 aromatic carbocycles. The second-order valence-corrected chi connectivity index (χ2v) is 7.77. The van der Waals surface area contributed by atoms with Crippen LogP contribution < -0.4 is 5.32 Å². The Morgan fingerprint density at radius 2 is 2.00 bits per heavy atom. The number of carbonyl (C=O) groups excluding carboxylic acids is 1. The highest BCUT2D eigenvalue weighted by Gasteiger charge is 2.11. The van der Waals surface area contributed by atoms with Crippen LogP contribution in [0.15, 0.2) is 23.4 Å². The third-order valence-corrected chi connectivity index (χ3v) is 5.64. The second kappa shape index (κ2) is 10.6. The summed E-state index contributed by atoms with van der Waals surface area (Å²) in [6.07, 6.45) is 7.11. The van der Waals surface area contributed by atoms with Gasteiger partial charge in [-0.2, -0.15) is 0 Å². The predicted molar refractivity (Wildman–Crippen MR) is 109 cm³/mol. The standard InChI is InChI=1S/C19H27ClN4OS/c1-4-5-6-7-8-9-17-22-23-19(24(17)3)26-13-18(25)21-15-11-10-14(2)16(20)12-15/h10-12H,4-9,13H2,1-3H3,(H,21,25). The van der Waals surface area contributed by atoms with Gasteiger partial charge in [0, 0.05) is 24.2 Å². The first-order chi connectivity index (χ1) is 12.5. The highest BCUT2D eigenvalue weighted by Crippen LogP contribution is 2.21. The fourth-order valence-corrected chi connectivity index (χ4v) is 3.48. The molecule has 0 unspecified atom stereocenters. The Hall–Kier alpha value is -1.53. The van der Waals surface area contributed by atoms with Crippen molar-refractivity contribution in [2.75, 3.05) is 11.1 Å². The molecule has 5 nitrogen and oxygen atoms in total. The molecule has 1 amide bonds. The van der Waals surface area contributed by atoms with E-state index in [1.54, 1.807) is 6.07 Å². The molecule has 0 radical (unpaired) electrons. The van der Waals surface area contributed by atoms with E-state index in [0.29, 0.717) is 10.7 Å². The number of anilines is 1. The fourth-order valence-electron chi connectivity index (χ4n) is 2.57. The maximum absolute atomic E-state index is 12.1. The largest absolute Gasteiger partial charge is 0.325 e. The number of aromatic nitrogens is 3. The lowest BCUT2D eigenvalue weighted by Crippen LogP contribution is -2.14. The number of benzene rings is 1. The highest BCUT2D eigenvalue weighted by atomic mass is 35.5. The Labute approximate surface area is 164 Å². The summed E-state index contributed by atoms with van der Waals surface area (Å²) in [6, 6.07) is 5.50. The number of nitrogens with zero attached hydrogens (tertiary/aromatic N) is 3. The zero-order chi connectivity index (χ0) is 18.9. The molecule has 142 valence electrons. The average Bonchev–Trinajstić information content (AvgIpc) is 2.96. The van der Waals surface area contributed by atoms with E-state index < -0.39 is 0 Å². The number of nitrogens with one attached hydrogen (secondary N) is 1. The molecule has 1 aromatic heterocycles. The molecule has 2 aromatic rings. The molecule has 1 heterocycles. The number of carbonyl (C=O) groups is 1. The van der Waals surface area contributed by atoms with Gasteiger partial charge in [0.25, 0.3) is 0 Å². The molecule has 0 aliphatic carbocycles. The van der Waals surface area contributed by atoms with Crippen molar-refractivity contribution < 1.29 is 4.79 Å². The Morgan fingerprint density at radius 1 is 1.23 bits per heavy atom. The SMILES string of the molecule is CCCCCCCc1nnc(SCC(=O)Nc2ccc(C)c(Cl)c2)n1C. The van der Waals surface area contributed by atoms with Gasteiger partial charge in [-0.1, -0.05) is 62.0 Å². The lowest BCUT2D eigenvalue weighted by atomic mass is 10.1. The molecular weight excluding hydrogens is 368 g/mol. The van der Waals surface area contributed by atoms with Crippen LogP contribution in [0, 0.1) is 6.92 Å². The molecule has 7 heteroatoms. The summed E-state index contributed by atoms with van der Waals surface area (Å²) in [7, 11) is 1.96. The van der Waals surface area contributed by atoms with Crippen molar-refractivity contribution >= 4 is 35.0 Å². The van der Waals surface area contributed by atoms with Gasteiger partial charge < -0.3 is 9.88 Å². The molecule has 0 saturated heterocycles. The van der Waals surface area contributed by atoms with Crippen LogP contribution >= 0.6 is 23.4 Å². The quantitative estimate of drug-likeness (QED) is 0.454. The van der Waals surface area contributed by atoms with E-state index >= 15 is 0 Å². The van der Waals surface area contributed by atoms with E-state index in [-0.39, 0.29) is 11.7 Å². The van der Waals surface area contributed by atoms with E-state index in [0.717, 1.165) is 29.4 Å². The topological polar surface area (TPSA) is 59.8 Å². The normalized spacial score (nSPS) is 10.9. The van der Waals surface area contributed by atoms with E-state index in [2.05, 4.69) is 22.4 Å². The molecule has 0 atom stereocenters. The minimum absolute atomic E-state index is 0.0842. The van der Waals surface area contributed by atoms with Gasteiger partial charge in [-0.05, 0) is 31.0 Å². The molecule has 0 aliphatic heterocycles. The highest BCUT2D eigenvalue weighted by molar-refractivity contribution is 7.99. The minimum atomic E-state index is -0.0842. The Balaban J connectivity index is 1.79. The van der Waals surface area contributed by atoms with Crippen molar-refractivity contribution in [2.24, 2.45) is 7.05 Å². The van der Waals surface area contributed by atoms with Gasteiger partial charge in [0.05, 0.1) is 5.75 Å². The summed E-state index contributed by atoms with van der Waals surface area (Å²) in [5.74, 6) is 1.18. The Morgan fingerprint density at radius 3 is 2.73 bits per heavy atom. The monoisotopic (exact) mass is 394 g/mol. The third kappa shape index (κ3) is 6.32. The van der Waals surface area contributed by atoms with Crippen molar-refractivity contribution in [1.29, 1.82) is 0 Å². The maximum atomic E-state index is 12.1. The lowest BCUT2D eigenvalue weighted by Gasteiger charge is -2.07. The van der Waals surface area contributed by atoms with E-state index in [1.807, 2.05) is 30.7 Å². The number of halogens is 1. The van der Waals surface area contributed by atoms with Crippen LogP contribution in [0.4, 0.5) is 5.69 Å². The van der Waals surface area contributed by atoms with Crippen LogP contribution in [-0.4, -0.2) is 26.4 Å². The van der Waals surface area contributed by atoms with Crippen molar-refractivity contribution in [3.05, 3.63) is 34.6 Å². The van der Waals surface area contributed by atoms with Crippen molar-refractivity contribution in [3.8, 4) is 0 Å². The third-order valence-electron chi connectivity index (χ3n) is 4.22. The number of hydrogen-bond acceptors (Lipinski definition) is 4. The van der Waals surface area contributed by atoms with E-state index in [9.17, 15) is 4.79 Å². The van der Waals surface area contributed by atoms with Crippen LogP contribution in [0.25, 0.3) is 0 Å². The van der Waals surface area contributed by atoms with Gasteiger partial charge in [-0.15, -0.1) is 10.2 Å². The van der Waals surface area contributed by atoms with Crippen LogP contribution in [0.5, 0.6) is 0 Å². The van der Waals surface area contributed by atoms with Crippen LogP contribution in [0.1, 0.15) is 50.4 Å². The van der Waals surface area contributed by atoms with Gasteiger partial charge in [-0.25, -0.2) is 0 Å². The molecule has 26 heavy (non-hydrogen) atoms. The van der Waals surface area contributed by atoms with Gasteiger partial charge >= 0.3 is 0 Å². The zero-order valence-electron chi connectivity index (χ0n) is 15.7. The van der Waals surface area contributed by atoms with Gasteiger partial charge in [0.15, 0.2) is 5.16 Å². The summed E-state index contributed by atoms with van der Waals surface area (Å²) in [4.78, 5) is 12.1. The van der Waals surface area contributed by atoms with Crippen LogP contribution in [0.2, 0.25) is 5.02 Å². The fraction of sp³-hybridized carbons (Fsp3) is 0.526. The smallest absolute Gasteiger partial charge is 0.234 e. The van der Waals surface area contributed by atoms with E-state index in [1.165, 1.54) is 37.4 Å².